The fraction of sp³-hybridized carbons (Fsp3) is 0.316. The molecule has 2 aromatic heterocycles. The molecule has 172 valence electrons. The molecule has 1 aromatic carbocycles. The molecule has 0 radical (unpaired) electrons. The number of anilines is 1. The van der Waals surface area contributed by atoms with E-state index in [0.29, 0.717) is 11.6 Å². The minimum absolute atomic E-state index is 0.108. The summed E-state index contributed by atoms with van der Waals surface area (Å²) in [6, 6.07) is 7.89. The summed E-state index contributed by atoms with van der Waals surface area (Å²) in [5.41, 5.74) is 2.89. The van der Waals surface area contributed by atoms with Gasteiger partial charge < -0.3 is 10.1 Å². The van der Waals surface area contributed by atoms with Crippen molar-refractivity contribution in [3.63, 3.8) is 0 Å². The van der Waals surface area contributed by atoms with Crippen LogP contribution in [0.15, 0.2) is 41.3 Å². The lowest BCUT2D eigenvalue weighted by atomic mass is 10.2. The number of rotatable bonds is 8. The molecule has 0 unspecified atom stereocenters. The molecule has 32 heavy (non-hydrogen) atoms. The highest BCUT2D eigenvalue weighted by Gasteiger charge is 2.33. The Hall–Kier alpha value is -3.19. The SMILES string of the molecule is Cc1nn(-c2ccc(NCCNS(=O)(=O)c3ccccc3OC(F)(F)F)nn2)c(C)c1C. The van der Waals surface area contributed by atoms with Crippen molar-refractivity contribution in [1.29, 1.82) is 0 Å². The molecule has 0 aliphatic rings. The van der Waals surface area contributed by atoms with Crippen molar-refractivity contribution in [2.75, 3.05) is 18.4 Å². The number of para-hydroxylation sites is 1. The molecule has 0 aliphatic heterocycles. The molecule has 2 N–H and O–H groups in total. The Morgan fingerprint density at radius 3 is 2.34 bits per heavy atom. The third-order valence-corrected chi connectivity index (χ3v) is 6.11. The fourth-order valence-electron chi connectivity index (χ4n) is 2.81. The van der Waals surface area contributed by atoms with Gasteiger partial charge in [0, 0.05) is 18.8 Å². The van der Waals surface area contributed by atoms with Gasteiger partial charge in [-0.05, 0) is 50.6 Å². The predicted octanol–water partition coefficient (Wildman–Crippen LogP) is 2.88. The van der Waals surface area contributed by atoms with Crippen molar-refractivity contribution in [3.05, 3.63) is 53.3 Å². The lowest BCUT2D eigenvalue weighted by molar-refractivity contribution is -0.275. The normalized spacial score (nSPS) is 12.1. The highest BCUT2D eigenvalue weighted by Crippen LogP contribution is 2.29. The van der Waals surface area contributed by atoms with E-state index < -0.39 is 27.0 Å². The fourth-order valence-corrected chi connectivity index (χ4v) is 3.97. The van der Waals surface area contributed by atoms with Crippen molar-refractivity contribution < 1.29 is 26.3 Å². The number of sulfonamides is 1. The maximum absolute atomic E-state index is 12.5. The van der Waals surface area contributed by atoms with Gasteiger partial charge in [0.25, 0.3) is 0 Å². The molecular weight excluding hydrogens is 449 g/mol. The van der Waals surface area contributed by atoms with Crippen LogP contribution in [0.2, 0.25) is 0 Å². The van der Waals surface area contributed by atoms with E-state index in [1.54, 1.807) is 16.8 Å². The van der Waals surface area contributed by atoms with Gasteiger partial charge in [-0.15, -0.1) is 23.4 Å². The maximum atomic E-state index is 12.5. The molecule has 3 rings (SSSR count). The van der Waals surface area contributed by atoms with Crippen LogP contribution in [0, 0.1) is 20.8 Å². The number of hydrogen-bond acceptors (Lipinski definition) is 7. The first-order chi connectivity index (χ1) is 15.0. The molecule has 0 saturated carbocycles. The monoisotopic (exact) mass is 470 g/mol. The van der Waals surface area contributed by atoms with E-state index in [-0.39, 0.29) is 13.1 Å². The molecule has 0 spiro atoms. The molecule has 0 saturated heterocycles. The Morgan fingerprint density at radius 1 is 1.03 bits per heavy atom. The zero-order chi connectivity index (χ0) is 23.5. The van der Waals surface area contributed by atoms with Gasteiger partial charge in [0.05, 0.1) is 5.69 Å². The second-order valence-electron chi connectivity index (χ2n) is 6.80. The molecule has 0 aliphatic carbocycles. The lowest BCUT2D eigenvalue weighted by Gasteiger charge is -2.14. The third kappa shape index (κ3) is 5.53. The summed E-state index contributed by atoms with van der Waals surface area (Å²) >= 11 is 0. The van der Waals surface area contributed by atoms with E-state index in [1.165, 1.54) is 12.1 Å². The van der Waals surface area contributed by atoms with Gasteiger partial charge in [0.15, 0.2) is 5.82 Å². The molecule has 13 heteroatoms. The number of alkyl halides is 3. The standard InChI is InChI=1S/C19H21F3N6O3S/c1-12-13(2)27-28(14(12)3)18-9-8-17(25-26-18)23-10-11-24-32(29,30)16-7-5-4-6-15(16)31-19(20,21)22/h4-9,24H,10-11H2,1-3H3,(H,23,25). The molecule has 0 atom stereocenters. The average molecular weight is 470 g/mol. The van der Waals surface area contributed by atoms with E-state index in [2.05, 4.69) is 30.1 Å². The first-order valence-corrected chi connectivity index (χ1v) is 10.9. The van der Waals surface area contributed by atoms with Crippen molar-refractivity contribution >= 4 is 15.8 Å². The Kier molecular flexibility index (Phi) is 6.69. The van der Waals surface area contributed by atoms with Gasteiger partial charge in [-0.3, -0.25) is 0 Å². The number of halogens is 3. The van der Waals surface area contributed by atoms with Crippen LogP contribution in [0.4, 0.5) is 19.0 Å². The van der Waals surface area contributed by atoms with Crippen LogP contribution in [-0.2, 0) is 10.0 Å². The van der Waals surface area contributed by atoms with Crippen molar-refractivity contribution in [2.24, 2.45) is 0 Å². The number of aryl methyl sites for hydroxylation is 1. The smallest absolute Gasteiger partial charge is 0.404 e. The van der Waals surface area contributed by atoms with Gasteiger partial charge in [0.1, 0.15) is 16.5 Å². The van der Waals surface area contributed by atoms with Crippen LogP contribution in [0.3, 0.4) is 0 Å². The van der Waals surface area contributed by atoms with Gasteiger partial charge in [-0.25, -0.2) is 17.8 Å². The first kappa shape index (κ1) is 23.5. The van der Waals surface area contributed by atoms with E-state index in [9.17, 15) is 21.6 Å². The summed E-state index contributed by atoms with van der Waals surface area (Å²) in [4.78, 5) is -0.610. The summed E-state index contributed by atoms with van der Waals surface area (Å²) in [6.45, 7) is 5.80. The van der Waals surface area contributed by atoms with Gasteiger partial charge in [-0.1, -0.05) is 12.1 Å². The highest BCUT2D eigenvalue weighted by atomic mass is 32.2. The first-order valence-electron chi connectivity index (χ1n) is 9.43. The quantitative estimate of drug-likeness (QED) is 0.487. The Morgan fingerprint density at radius 2 is 1.75 bits per heavy atom. The summed E-state index contributed by atoms with van der Waals surface area (Å²) in [6.07, 6.45) is -5.01. The van der Waals surface area contributed by atoms with E-state index in [0.717, 1.165) is 29.1 Å². The second-order valence-corrected chi connectivity index (χ2v) is 8.54. The van der Waals surface area contributed by atoms with E-state index in [4.69, 9.17) is 0 Å². The van der Waals surface area contributed by atoms with Gasteiger partial charge in [0.2, 0.25) is 10.0 Å². The Balaban J connectivity index is 1.59. The predicted molar refractivity (Wildman–Crippen MR) is 110 cm³/mol. The Labute approximate surface area is 182 Å². The molecule has 2 heterocycles. The highest BCUT2D eigenvalue weighted by molar-refractivity contribution is 7.89. The average Bonchev–Trinajstić information content (AvgIpc) is 2.98. The van der Waals surface area contributed by atoms with Crippen LogP contribution in [0.5, 0.6) is 5.75 Å². The van der Waals surface area contributed by atoms with Crippen LogP contribution >= 0.6 is 0 Å². The minimum atomic E-state index is -5.01. The summed E-state index contributed by atoms with van der Waals surface area (Å²) in [5.74, 6) is 0.125. The van der Waals surface area contributed by atoms with E-state index in [1.807, 2.05) is 20.8 Å². The number of aromatic nitrogens is 4. The minimum Gasteiger partial charge on any atom is -0.404 e. The topological polar surface area (TPSA) is 111 Å². The zero-order valence-electron chi connectivity index (χ0n) is 17.4. The molecule has 0 fully saturated rings. The number of ether oxygens (including phenoxy) is 1. The third-order valence-electron chi connectivity index (χ3n) is 4.61. The zero-order valence-corrected chi connectivity index (χ0v) is 18.3. The van der Waals surface area contributed by atoms with Gasteiger partial charge in [-0.2, -0.15) is 5.10 Å². The van der Waals surface area contributed by atoms with Crippen molar-refractivity contribution in [3.8, 4) is 11.6 Å². The number of hydrogen-bond donors (Lipinski definition) is 2. The number of nitrogens with one attached hydrogen (secondary N) is 2. The van der Waals surface area contributed by atoms with Crippen LogP contribution in [0.1, 0.15) is 17.0 Å². The summed E-state index contributed by atoms with van der Waals surface area (Å²) < 4.78 is 70.0. The molecular formula is C19H21F3N6O3S. The van der Waals surface area contributed by atoms with Crippen LogP contribution in [0.25, 0.3) is 5.82 Å². The van der Waals surface area contributed by atoms with Crippen molar-refractivity contribution in [1.82, 2.24) is 24.7 Å². The Bertz CT molecular complexity index is 1190. The molecule has 9 nitrogen and oxygen atoms in total. The number of benzene rings is 1. The van der Waals surface area contributed by atoms with Crippen LogP contribution in [-0.4, -0.2) is 47.8 Å². The van der Waals surface area contributed by atoms with Crippen LogP contribution < -0.4 is 14.8 Å². The molecule has 3 aromatic rings. The van der Waals surface area contributed by atoms with Crippen molar-refractivity contribution in [2.45, 2.75) is 32.0 Å². The van der Waals surface area contributed by atoms with E-state index >= 15 is 0 Å². The second kappa shape index (κ2) is 9.12. The molecule has 0 bridgehead atoms. The summed E-state index contributed by atoms with van der Waals surface area (Å²) in [7, 11) is -4.23. The molecule has 0 amide bonds. The maximum Gasteiger partial charge on any atom is 0.573 e. The largest absolute Gasteiger partial charge is 0.573 e. The number of nitrogens with zero attached hydrogens (tertiary/aromatic N) is 4. The summed E-state index contributed by atoms with van der Waals surface area (Å²) in [5, 5.41) is 15.4. The van der Waals surface area contributed by atoms with Gasteiger partial charge >= 0.3 is 6.36 Å². The lowest BCUT2D eigenvalue weighted by Crippen LogP contribution is -2.30.